The summed E-state index contributed by atoms with van der Waals surface area (Å²) in [4.78, 5) is 24.0. The first-order chi connectivity index (χ1) is 14.0. The number of fused-ring (bicyclic) bond motifs is 1. The molecule has 1 aromatic heterocycles. The second kappa shape index (κ2) is 9.56. The van der Waals surface area contributed by atoms with Gasteiger partial charge in [0, 0.05) is 35.4 Å². The summed E-state index contributed by atoms with van der Waals surface area (Å²) in [6, 6.07) is 11.2. The SMILES string of the molecule is CCCCc1oc2ccc([N+](=O)[O-])cc2c1C(=O)c1ccc(OCCCCl)cc1. The molecule has 0 unspecified atom stereocenters. The molecule has 2 aromatic carbocycles. The first-order valence-electron chi connectivity index (χ1n) is 9.58. The van der Waals surface area contributed by atoms with Gasteiger partial charge in [-0.3, -0.25) is 14.9 Å². The van der Waals surface area contributed by atoms with Crippen molar-refractivity contribution in [3.63, 3.8) is 0 Å². The Kier molecular flexibility index (Phi) is 6.88. The van der Waals surface area contributed by atoms with Gasteiger partial charge in [0.1, 0.15) is 17.1 Å². The Morgan fingerprint density at radius 2 is 1.93 bits per heavy atom. The predicted octanol–water partition coefficient (Wildman–Crippen LogP) is 5.92. The van der Waals surface area contributed by atoms with Crippen molar-refractivity contribution in [2.45, 2.75) is 32.6 Å². The third-order valence-electron chi connectivity index (χ3n) is 4.60. The number of alkyl halides is 1. The van der Waals surface area contributed by atoms with Gasteiger partial charge in [-0.2, -0.15) is 0 Å². The average Bonchev–Trinajstić information content (AvgIpc) is 3.09. The van der Waals surface area contributed by atoms with Gasteiger partial charge >= 0.3 is 0 Å². The van der Waals surface area contributed by atoms with Crippen LogP contribution in [0.4, 0.5) is 5.69 Å². The Labute approximate surface area is 173 Å². The van der Waals surface area contributed by atoms with Crippen molar-refractivity contribution >= 4 is 34.0 Å². The summed E-state index contributed by atoms with van der Waals surface area (Å²) in [6.45, 7) is 2.56. The zero-order valence-electron chi connectivity index (χ0n) is 16.2. The molecule has 29 heavy (non-hydrogen) atoms. The number of nitro groups is 1. The number of hydrogen-bond acceptors (Lipinski definition) is 5. The molecule has 1 heterocycles. The number of hydrogen-bond donors (Lipinski definition) is 0. The highest BCUT2D eigenvalue weighted by Gasteiger charge is 2.23. The first-order valence-corrected chi connectivity index (χ1v) is 10.1. The molecule has 6 nitrogen and oxygen atoms in total. The lowest BCUT2D eigenvalue weighted by atomic mass is 9.98. The van der Waals surface area contributed by atoms with E-state index in [-0.39, 0.29) is 11.5 Å². The lowest BCUT2D eigenvalue weighted by molar-refractivity contribution is -0.384. The molecule has 0 aliphatic carbocycles. The third-order valence-corrected chi connectivity index (χ3v) is 4.87. The van der Waals surface area contributed by atoms with Gasteiger partial charge in [-0.05, 0) is 43.2 Å². The van der Waals surface area contributed by atoms with Crippen LogP contribution in [0.25, 0.3) is 11.0 Å². The summed E-state index contributed by atoms with van der Waals surface area (Å²) in [7, 11) is 0. The zero-order chi connectivity index (χ0) is 20.8. The van der Waals surface area contributed by atoms with Crippen molar-refractivity contribution < 1.29 is 18.9 Å². The smallest absolute Gasteiger partial charge is 0.270 e. The Balaban J connectivity index is 1.98. The summed E-state index contributed by atoms with van der Waals surface area (Å²) >= 11 is 5.65. The number of non-ortho nitro benzene ring substituents is 1. The molecule has 0 N–H and O–H groups in total. The summed E-state index contributed by atoms with van der Waals surface area (Å²) in [5.41, 5.74) is 1.28. The van der Waals surface area contributed by atoms with E-state index in [1.165, 1.54) is 12.1 Å². The van der Waals surface area contributed by atoms with Crippen LogP contribution in [0.5, 0.6) is 5.75 Å². The summed E-state index contributed by atoms with van der Waals surface area (Å²) in [5, 5.41) is 11.7. The molecule has 0 fully saturated rings. The van der Waals surface area contributed by atoms with Crippen molar-refractivity contribution in [3.8, 4) is 5.75 Å². The number of furan rings is 1. The molecule has 3 rings (SSSR count). The number of benzene rings is 2. The fraction of sp³-hybridized carbons (Fsp3) is 0.318. The molecule has 0 aliphatic heterocycles. The van der Waals surface area contributed by atoms with E-state index in [2.05, 4.69) is 6.92 Å². The lowest BCUT2D eigenvalue weighted by Crippen LogP contribution is -2.05. The zero-order valence-corrected chi connectivity index (χ0v) is 16.9. The maximum Gasteiger partial charge on any atom is 0.270 e. The number of ether oxygens (including phenoxy) is 1. The van der Waals surface area contributed by atoms with E-state index in [9.17, 15) is 14.9 Å². The van der Waals surface area contributed by atoms with E-state index in [0.717, 1.165) is 19.3 Å². The quantitative estimate of drug-likeness (QED) is 0.135. The van der Waals surface area contributed by atoms with Gasteiger partial charge in [0.05, 0.1) is 17.1 Å². The van der Waals surface area contributed by atoms with Crippen molar-refractivity contribution in [2.24, 2.45) is 0 Å². The van der Waals surface area contributed by atoms with Crippen molar-refractivity contribution in [3.05, 3.63) is 69.5 Å². The monoisotopic (exact) mass is 415 g/mol. The van der Waals surface area contributed by atoms with Gasteiger partial charge in [0.2, 0.25) is 0 Å². The Hall–Kier alpha value is -2.86. The fourth-order valence-electron chi connectivity index (χ4n) is 3.10. The molecule has 0 spiro atoms. The van der Waals surface area contributed by atoms with Crippen LogP contribution < -0.4 is 4.74 Å². The summed E-state index contributed by atoms with van der Waals surface area (Å²) in [5.74, 6) is 1.53. The lowest BCUT2D eigenvalue weighted by Gasteiger charge is -2.07. The number of nitro benzene ring substituents is 1. The fourth-order valence-corrected chi connectivity index (χ4v) is 3.21. The van der Waals surface area contributed by atoms with Crippen molar-refractivity contribution in [1.29, 1.82) is 0 Å². The van der Waals surface area contributed by atoms with E-state index in [1.807, 2.05) is 0 Å². The summed E-state index contributed by atoms with van der Waals surface area (Å²) < 4.78 is 11.5. The molecule has 0 radical (unpaired) electrons. The molecule has 152 valence electrons. The van der Waals surface area contributed by atoms with E-state index in [4.69, 9.17) is 20.8 Å². The number of nitrogens with zero attached hydrogens (tertiary/aromatic N) is 1. The molecule has 0 bridgehead atoms. The van der Waals surface area contributed by atoms with Gasteiger partial charge in [-0.1, -0.05) is 13.3 Å². The van der Waals surface area contributed by atoms with Crippen molar-refractivity contribution in [2.75, 3.05) is 12.5 Å². The van der Waals surface area contributed by atoms with E-state index < -0.39 is 4.92 Å². The molecule has 7 heteroatoms. The van der Waals surface area contributed by atoms with Gasteiger partial charge in [-0.15, -0.1) is 11.6 Å². The van der Waals surface area contributed by atoms with Gasteiger partial charge in [0.15, 0.2) is 5.78 Å². The summed E-state index contributed by atoms with van der Waals surface area (Å²) in [6.07, 6.45) is 3.14. The minimum absolute atomic E-state index is 0.0718. The molecule has 0 saturated heterocycles. The van der Waals surface area contributed by atoms with Crippen LogP contribution >= 0.6 is 11.6 Å². The third kappa shape index (κ3) is 4.77. The number of carbonyl (C=O) groups is 1. The molecular weight excluding hydrogens is 394 g/mol. The molecule has 0 aliphatic rings. The van der Waals surface area contributed by atoms with Crippen LogP contribution in [0.2, 0.25) is 0 Å². The largest absolute Gasteiger partial charge is 0.494 e. The van der Waals surface area contributed by atoms with Crippen LogP contribution in [-0.2, 0) is 6.42 Å². The number of ketones is 1. The molecular formula is C22H22ClNO5. The number of halogens is 1. The molecule has 0 saturated carbocycles. The average molecular weight is 416 g/mol. The van der Waals surface area contributed by atoms with Crippen LogP contribution in [-0.4, -0.2) is 23.2 Å². The topological polar surface area (TPSA) is 82.6 Å². The van der Waals surface area contributed by atoms with Gasteiger partial charge in [0.25, 0.3) is 5.69 Å². The van der Waals surface area contributed by atoms with E-state index in [1.54, 1.807) is 30.3 Å². The predicted molar refractivity (Wildman–Crippen MR) is 112 cm³/mol. The van der Waals surface area contributed by atoms with Crippen molar-refractivity contribution in [1.82, 2.24) is 0 Å². The van der Waals surface area contributed by atoms with Crippen LogP contribution in [0, 0.1) is 10.1 Å². The highest BCUT2D eigenvalue weighted by Crippen LogP contribution is 2.32. The maximum absolute atomic E-state index is 13.3. The second-order valence-electron chi connectivity index (χ2n) is 6.69. The number of aryl methyl sites for hydroxylation is 1. The Morgan fingerprint density at radius 3 is 2.59 bits per heavy atom. The Morgan fingerprint density at radius 1 is 1.17 bits per heavy atom. The number of unbranched alkanes of at least 4 members (excludes halogenated alkanes) is 1. The highest BCUT2D eigenvalue weighted by molar-refractivity contribution is 6.18. The van der Waals surface area contributed by atoms with Crippen LogP contribution in [0.3, 0.4) is 0 Å². The van der Waals surface area contributed by atoms with Crippen LogP contribution in [0.1, 0.15) is 47.9 Å². The van der Waals surface area contributed by atoms with E-state index in [0.29, 0.717) is 52.5 Å². The maximum atomic E-state index is 13.3. The first kappa shape index (κ1) is 20.9. The second-order valence-corrected chi connectivity index (χ2v) is 7.06. The minimum Gasteiger partial charge on any atom is -0.494 e. The standard InChI is InChI=1S/C22H22ClNO5/c1-2-3-5-20-21(18-14-16(24(26)27)8-11-19(18)29-20)22(25)15-6-9-17(10-7-15)28-13-4-12-23/h6-11,14H,2-5,12-13H2,1H3. The molecule has 0 atom stereocenters. The van der Waals surface area contributed by atoms with E-state index >= 15 is 0 Å². The normalized spacial score (nSPS) is 11.0. The minimum atomic E-state index is -0.473. The van der Waals surface area contributed by atoms with Crippen LogP contribution in [0.15, 0.2) is 46.9 Å². The molecule has 3 aromatic rings. The molecule has 0 amide bonds. The Bertz CT molecular complexity index is 1010. The van der Waals surface area contributed by atoms with Gasteiger partial charge < -0.3 is 9.15 Å². The van der Waals surface area contributed by atoms with Gasteiger partial charge in [-0.25, -0.2) is 0 Å². The highest BCUT2D eigenvalue weighted by atomic mass is 35.5. The number of carbonyl (C=O) groups excluding carboxylic acids is 1. The number of rotatable bonds is 10.